The van der Waals surface area contributed by atoms with Crippen LogP contribution in [-0.2, 0) is 4.74 Å². The van der Waals surface area contributed by atoms with Gasteiger partial charge in [0.1, 0.15) is 6.07 Å². The summed E-state index contributed by atoms with van der Waals surface area (Å²) in [5, 5.41) is 13.6. The Morgan fingerprint density at radius 2 is 2.08 bits per heavy atom. The van der Waals surface area contributed by atoms with Gasteiger partial charge in [0.05, 0.1) is 41.5 Å². The lowest BCUT2D eigenvalue weighted by molar-refractivity contribution is 0.0526. The number of hydrogen-bond donors (Lipinski definition) is 0. The van der Waals surface area contributed by atoms with Crippen LogP contribution in [0.1, 0.15) is 22.8 Å². The number of rotatable bonds is 4. The average Bonchev–Trinajstić information content (AvgIpc) is 3.12. The molecule has 0 spiro atoms. The van der Waals surface area contributed by atoms with Crippen molar-refractivity contribution in [1.29, 1.82) is 5.26 Å². The monoisotopic (exact) mass is 318 g/mol. The second-order valence-corrected chi connectivity index (χ2v) is 4.96. The van der Waals surface area contributed by atoms with Crippen LogP contribution >= 0.6 is 0 Å². The third-order valence-electron chi connectivity index (χ3n) is 3.40. The highest BCUT2D eigenvalue weighted by molar-refractivity contribution is 5.88. The van der Waals surface area contributed by atoms with E-state index in [4.69, 9.17) is 4.74 Å². The molecule has 6 nitrogen and oxygen atoms in total. The molecule has 0 saturated heterocycles. The minimum absolute atomic E-state index is 0.302. The Bertz CT molecular complexity index is 910. The molecule has 0 bridgehead atoms. The van der Waals surface area contributed by atoms with Crippen molar-refractivity contribution in [3.8, 4) is 23.0 Å². The number of carbonyl (C=O) groups is 1. The molecule has 6 heteroatoms. The zero-order chi connectivity index (χ0) is 16.9. The Morgan fingerprint density at radius 3 is 2.79 bits per heavy atom. The van der Waals surface area contributed by atoms with E-state index in [0.29, 0.717) is 29.1 Å². The van der Waals surface area contributed by atoms with Gasteiger partial charge in [0, 0.05) is 11.8 Å². The van der Waals surface area contributed by atoms with Gasteiger partial charge in [0.2, 0.25) is 0 Å². The van der Waals surface area contributed by atoms with Crippen LogP contribution in [0, 0.1) is 11.3 Å². The first-order valence-corrected chi connectivity index (χ1v) is 7.40. The largest absolute Gasteiger partial charge is 0.462 e. The fraction of sp³-hybridized carbons (Fsp3) is 0.111. The van der Waals surface area contributed by atoms with E-state index in [0.717, 1.165) is 5.56 Å². The van der Waals surface area contributed by atoms with E-state index in [1.54, 1.807) is 25.4 Å². The summed E-state index contributed by atoms with van der Waals surface area (Å²) in [6.45, 7) is 2.05. The number of pyridine rings is 1. The maximum atomic E-state index is 11.7. The lowest BCUT2D eigenvalue weighted by atomic mass is 10.1. The molecule has 0 fully saturated rings. The van der Waals surface area contributed by atoms with Gasteiger partial charge in [-0.05, 0) is 13.0 Å². The van der Waals surface area contributed by atoms with Gasteiger partial charge in [-0.2, -0.15) is 10.4 Å². The normalized spacial score (nSPS) is 10.2. The van der Waals surface area contributed by atoms with Crippen LogP contribution < -0.4 is 0 Å². The van der Waals surface area contributed by atoms with Crippen molar-refractivity contribution in [2.24, 2.45) is 0 Å². The van der Waals surface area contributed by atoms with Crippen LogP contribution in [0.3, 0.4) is 0 Å². The summed E-state index contributed by atoms with van der Waals surface area (Å²) in [5.41, 5.74) is 2.86. The molecule has 0 aliphatic rings. The Balaban J connectivity index is 1.96. The van der Waals surface area contributed by atoms with Crippen molar-refractivity contribution in [2.45, 2.75) is 6.92 Å². The van der Waals surface area contributed by atoms with Gasteiger partial charge in [-0.3, -0.25) is 4.98 Å². The van der Waals surface area contributed by atoms with Crippen molar-refractivity contribution >= 4 is 5.97 Å². The van der Waals surface area contributed by atoms with Crippen LogP contribution in [0.15, 0.2) is 55.0 Å². The molecule has 118 valence electrons. The second kappa shape index (κ2) is 6.75. The lowest BCUT2D eigenvalue weighted by Gasteiger charge is -2.06. The molecule has 0 radical (unpaired) electrons. The van der Waals surface area contributed by atoms with Gasteiger partial charge in [0.15, 0.2) is 0 Å². The Morgan fingerprint density at radius 1 is 1.29 bits per heavy atom. The van der Waals surface area contributed by atoms with Gasteiger partial charge < -0.3 is 4.74 Å². The van der Waals surface area contributed by atoms with E-state index < -0.39 is 5.97 Å². The Labute approximate surface area is 138 Å². The number of hydrogen-bond acceptors (Lipinski definition) is 5. The zero-order valence-corrected chi connectivity index (χ0v) is 13.0. The third-order valence-corrected chi connectivity index (χ3v) is 3.40. The predicted octanol–water partition coefficient (Wildman–Crippen LogP) is 2.98. The minimum Gasteiger partial charge on any atom is -0.462 e. The van der Waals surface area contributed by atoms with Crippen LogP contribution in [0.4, 0.5) is 0 Å². The first kappa shape index (κ1) is 15.4. The molecule has 3 aromatic rings. The first-order valence-electron chi connectivity index (χ1n) is 7.40. The van der Waals surface area contributed by atoms with Crippen molar-refractivity contribution < 1.29 is 9.53 Å². The summed E-state index contributed by atoms with van der Waals surface area (Å²) in [6.07, 6.45) is 4.60. The number of nitrogens with zero attached hydrogens (tertiary/aromatic N) is 4. The van der Waals surface area contributed by atoms with Gasteiger partial charge in [0.25, 0.3) is 0 Å². The highest BCUT2D eigenvalue weighted by Gasteiger charge is 2.12. The van der Waals surface area contributed by atoms with Crippen molar-refractivity contribution in [2.75, 3.05) is 6.61 Å². The molecule has 2 aromatic heterocycles. The second-order valence-electron chi connectivity index (χ2n) is 4.96. The topological polar surface area (TPSA) is 80.8 Å². The molecular formula is C18H14N4O2. The highest BCUT2D eigenvalue weighted by Crippen LogP contribution is 2.22. The molecule has 0 aliphatic carbocycles. The van der Waals surface area contributed by atoms with E-state index in [1.165, 1.54) is 10.9 Å². The summed E-state index contributed by atoms with van der Waals surface area (Å²) < 4.78 is 6.43. The maximum Gasteiger partial charge on any atom is 0.341 e. The van der Waals surface area contributed by atoms with Crippen LogP contribution in [0.5, 0.6) is 0 Å². The van der Waals surface area contributed by atoms with Gasteiger partial charge in [-0.25, -0.2) is 9.48 Å². The number of esters is 1. The first-order chi connectivity index (χ1) is 11.7. The number of benzene rings is 1. The number of ether oxygens (including phenoxy) is 1. The number of carbonyl (C=O) groups excluding carboxylic acids is 1. The summed E-state index contributed by atoms with van der Waals surface area (Å²) in [5.74, 6) is -0.432. The molecule has 0 unspecified atom stereocenters. The van der Waals surface area contributed by atoms with Crippen molar-refractivity contribution in [3.63, 3.8) is 0 Å². The van der Waals surface area contributed by atoms with E-state index in [9.17, 15) is 10.1 Å². The Hall–Kier alpha value is -3.46. The van der Waals surface area contributed by atoms with Crippen LogP contribution in [0.2, 0.25) is 0 Å². The van der Waals surface area contributed by atoms with Crippen molar-refractivity contribution in [3.05, 3.63) is 66.1 Å². The smallest absolute Gasteiger partial charge is 0.341 e. The number of aromatic nitrogens is 3. The summed E-state index contributed by atoms with van der Waals surface area (Å²) in [6, 6.07) is 13.3. The van der Waals surface area contributed by atoms with Gasteiger partial charge >= 0.3 is 5.97 Å². The van der Waals surface area contributed by atoms with Gasteiger partial charge in [-0.1, -0.05) is 30.3 Å². The highest BCUT2D eigenvalue weighted by atomic mass is 16.5. The predicted molar refractivity (Wildman–Crippen MR) is 87.5 cm³/mol. The molecule has 0 saturated carbocycles. The van der Waals surface area contributed by atoms with E-state index in [2.05, 4.69) is 16.2 Å². The average molecular weight is 318 g/mol. The van der Waals surface area contributed by atoms with E-state index in [1.807, 2.05) is 30.3 Å². The molecule has 0 amide bonds. The SMILES string of the molecule is CCOC(=O)c1cnn(-c2cnc(-c3ccccc3)c(C#N)c2)c1. The van der Waals surface area contributed by atoms with Gasteiger partial charge in [-0.15, -0.1) is 0 Å². The molecule has 3 rings (SSSR count). The van der Waals surface area contributed by atoms with E-state index >= 15 is 0 Å². The quantitative estimate of drug-likeness (QED) is 0.691. The van der Waals surface area contributed by atoms with Crippen LogP contribution in [0.25, 0.3) is 16.9 Å². The van der Waals surface area contributed by atoms with Crippen LogP contribution in [-0.4, -0.2) is 27.3 Å². The fourth-order valence-electron chi connectivity index (χ4n) is 2.27. The summed E-state index contributed by atoms with van der Waals surface area (Å²) >= 11 is 0. The molecule has 0 atom stereocenters. The molecule has 0 aliphatic heterocycles. The zero-order valence-electron chi connectivity index (χ0n) is 13.0. The van der Waals surface area contributed by atoms with Crippen molar-refractivity contribution in [1.82, 2.24) is 14.8 Å². The summed E-state index contributed by atoms with van der Waals surface area (Å²) in [7, 11) is 0. The maximum absolute atomic E-state index is 11.7. The minimum atomic E-state index is -0.432. The molecule has 0 N–H and O–H groups in total. The lowest BCUT2D eigenvalue weighted by Crippen LogP contribution is -2.03. The number of nitriles is 1. The van der Waals surface area contributed by atoms with E-state index in [-0.39, 0.29) is 0 Å². The molecule has 1 aromatic carbocycles. The molecule has 24 heavy (non-hydrogen) atoms. The standard InChI is InChI=1S/C18H14N4O2/c1-2-24-18(23)15-10-21-22(12-15)16-8-14(9-19)17(20-11-16)13-6-4-3-5-7-13/h3-8,10-12H,2H2,1H3. The molecule has 2 heterocycles. The third kappa shape index (κ3) is 3.01. The Kier molecular flexibility index (Phi) is 4.34. The molecular weight excluding hydrogens is 304 g/mol. The summed E-state index contributed by atoms with van der Waals surface area (Å²) in [4.78, 5) is 16.1. The fourth-order valence-corrected chi connectivity index (χ4v) is 2.27.